The van der Waals surface area contributed by atoms with E-state index in [0.717, 1.165) is 36.6 Å². The quantitative estimate of drug-likeness (QED) is 0.611. The van der Waals surface area contributed by atoms with Crippen LogP contribution in [0.2, 0.25) is 0 Å². The van der Waals surface area contributed by atoms with E-state index in [2.05, 4.69) is 23.0 Å². The second-order valence-corrected chi connectivity index (χ2v) is 8.43. The number of ether oxygens (including phenoxy) is 1. The molecule has 1 saturated heterocycles. The first-order valence-corrected chi connectivity index (χ1v) is 11.3. The molecule has 1 fully saturated rings. The zero-order chi connectivity index (χ0) is 23.7. The van der Waals surface area contributed by atoms with Crippen LogP contribution in [0.25, 0.3) is 11.3 Å². The third-order valence-corrected chi connectivity index (χ3v) is 6.40. The SMILES string of the molecule is C=NN1C=CC(N2CCC[C@@H]2c2cc(F)ccc2F)=N/C1=C(/C)n1cc(C2=CCOCC2)cn1. The molecule has 5 rings (SSSR count). The fourth-order valence-corrected chi connectivity index (χ4v) is 4.62. The van der Waals surface area contributed by atoms with Crippen molar-refractivity contribution in [1.29, 1.82) is 0 Å². The van der Waals surface area contributed by atoms with E-state index >= 15 is 0 Å². The maximum atomic E-state index is 14.5. The summed E-state index contributed by atoms with van der Waals surface area (Å²) in [5.41, 5.74) is 3.36. The van der Waals surface area contributed by atoms with Crippen molar-refractivity contribution >= 4 is 23.8 Å². The summed E-state index contributed by atoms with van der Waals surface area (Å²) in [5, 5.41) is 10.2. The van der Waals surface area contributed by atoms with Crippen LogP contribution in [-0.4, -0.2) is 52.0 Å². The molecule has 0 amide bonds. The Morgan fingerprint density at radius 1 is 1.29 bits per heavy atom. The molecule has 1 aromatic carbocycles. The molecule has 0 saturated carbocycles. The summed E-state index contributed by atoms with van der Waals surface area (Å²) in [4.78, 5) is 6.88. The molecule has 0 unspecified atom stereocenters. The van der Waals surface area contributed by atoms with Crippen LogP contribution in [0.3, 0.4) is 0 Å². The highest BCUT2D eigenvalue weighted by atomic mass is 19.1. The number of allylic oxidation sites excluding steroid dienone is 1. The van der Waals surface area contributed by atoms with Crippen molar-refractivity contribution in [2.45, 2.75) is 32.2 Å². The van der Waals surface area contributed by atoms with Crippen LogP contribution in [0, 0.1) is 11.6 Å². The van der Waals surface area contributed by atoms with Crippen molar-refractivity contribution in [3.05, 3.63) is 77.5 Å². The zero-order valence-electron chi connectivity index (χ0n) is 19.0. The molecule has 7 nitrogen and oxygen atoms in total. The lowest BCUT2D eigenvalue weighted by Crippen LogP contribution is -2.32. The number of amidine groups is 1. The van der Waals surface area contributed by atoms with Crippen LogP contribution in [0.1, 0.15) is 43.4 Å². The lowest BCUT2D eigenvalue weighted by molar-refractivity contribution is 0.161. The summed E-state index contributed by atoms with van der Waals surface area (Å²) < 4.78 is 35.6. The van der Waals surface area contributed by atoms with Crippen molar-refractivity contribution in [2.24, 2.45) is 10.1 Å². The van der Waals surface area contributed by atoms with E-state index in [1.807, 2.05) is 30.3 Å². The first-order chi connectivity index (χ1) is 16.5. The first-order valence-electron chi connectivity index (χ1n) is 11.3. The van der Waals surface area contributed by atoms with E-state index in [4.69, 9.17) is 9.73 Å². The van der Waals surface area contributed by atoms with Gasteiger partial charge in [-0.05, 0) is 56.0 Å². The molecular weight excluding hydrogens is 438 g/mol. The van der Waals surface area contributed by atoms with Gasteiger partial charge in [-0.15, -0.1) is 0 Å². The van der Waals surface area contributed by atoms with Crippen LogP contribution >= 0.6 is 0 Å². The Labute approximate surface area is 197 Å². The van der Waals surface area contributed by atoms with Crippen LogP contribution in [0.5, 0.6) is 0 Å². The summed E-state index contributed by atoms with van der Waals surface area (Å²) in [5.74, 6) is 0.372. The van der Waals surface area contributed by atoms with Crippen LogP contribution in [0.4, 0.5) is 8.78 Å². The molecule has 0 N–H and O–H groups in total. The monoisotopic (exact) mass is 464 g/mol. The van der Waals surface area contributed by atoms with Gasteiger partial charge in [-0.2, -0.15) is 10.2 Å². The molecule has 1 aromatic heterocycles. The van der Waals surface area contributed by atoms with Crippen LogP contribution < -0.4 is 0 Å². The minimum Gasteiger partial charge on any atom is -0.377 e. The second-order valence-electron chi connectivity index (χ2n) is 8.43. The van der Waals surface area contributed by atoms with Crippen molar-refractivity contribution in [1.82, 2.24) is 19.7 Å². The number of hydrogen-bond acceptors (Lipinski definition) is 6. The van der Waals surface area contributed by atoms with Crippen molar-refractivity contribution < 1.29 is 13.5 Å². The fraction of sp³-hybridized carbons (Fsp3) is 0.320. The third-order valence-electron chi connectivity index (χ3n) is 6.40. The van der Waals surface area contributed by atoms with Crippen molar-refractivity contribution in [3.63, 3.8) is 0 Å². The van der Waals surface area contributed by atoms with E-state index in [0.29, 0.717) is 37.0 Å². The standard InChI is InChI=1S/C25H26F2N6O/c1-17(33-16-19(15-29-33)18-8-12-34-13-9-18)25-30-24(7-11-32(25)28-2)31-10-3-4-23(31)21-14-20(26)5-6-22(21)27/h5-8,11,14-16,23H,2-4,9-10,12-13H2,1H3/b25-17+/t23-/m1/s1. The predicted octanol–water partition coefficient (Wildman–Crippen LogP) is 4.79. The lowest BCUT2D eigenvalue weighted by Gasteiger charge is -2.30. The molecule has 9 heteroatoms. The van der Waals surface area contributed by atoms with Gasteiger partial charge in [-0.3, -0.25) is 0 Å². The molecule has 3 aliphatic heterocycles. The number of likely N-dealkylation sites (tertiary alicyclic amines) is 1. The largest absolute Gasteiger partial charge is 0.377 e. The van der Waals surface area contributed by atoms with Crippen LogP contribution in [-0.2, 0) is 4.74 Å². The summed E-state index contributed by atoms with van der Waals surface area (Å²) in [7, 11) is 0. The number of aromatic nitrogens is 2. The Bertz CT molecular complexity index is 1230. The smallest absolute Gasteiger partial charge is 0.176 e. The third kappa shape index (κ3) is 4.19. The maximum absolute atomic E-state index is 14.5. The highest BCUT2D eigenvalue weighted by Crippen LogP contribution is 2.35. The minimum atomic E-state index is -0.447. The molecule has 0 spiro atoms. The molecule has 176 valence electrons. The molecular formula is C25H26F2N6O. The van der Waals surface area contributed by atoms with E-state index in [1.165, 1.54) is 17.7 Å². The topological polar surface area (TPSA) is 58.2 Å². The summed E-state index contributed by atoms with van der Waals surface area (Å²) >= 11 is 0. The molecule has 0 radical (unpaired) electrons. The molecule has 0 bridgehead atoms. The van der Waals surface area contributed by atoms with Gasteiger partial charge in [0.2, 0.25) is 0 Å². The fourth-order valence-electron chi connectivity index (χ4n) is 4.62. The molecule has 1 atom stereocenters. The number of halogens is 2. The van der Waals surface area contributed by atoms with Crippen LogP contribution in [0.15, 0.2) is 64.9 Å². The molecule has 3 aliphatic rings. The maximum Gasteiger partial charge on any atom is 0.176 e. The van der Waals surface area contributed by atoms with E-state index in [9.17, 15) is 8.78 Å². The molecule has 2 aromatic rings. The Hall–Kier alpha value is -3.59. The second kappa shape index (κ2) is 9.34. The zero-order valence-corrected chi connectivity index (χ0v) is 19.0. The van der Waals surface area contributed by atoms with Gasteiger partial charge in [0.1, 0.15) is 17.5 Å². The van der Waals surface area contributed by atoms with Gasteiger partial charge in [0.05, 0.1) is 31.1 Å². The van der Waals surface area contributed by atoms with E-state index in [1.54, 1.807) is 15.9 Å². The van der Waals surface area contributed by atoms with Gasteiger partial charge in [0.15, 0.2) is 5.82 Å². The van der Waals surface area contributed by atoms with Gasteiger partial charge in [-0.1, -0.05) is 6.08 Å². The van der Waals surface area contributed by atoms with Gasteiger partial charge in [0.25, 0.3) is 0 Å². The average Bonchev–Trinajstić information content (AvgIpc) is 3.56. The number of rotatable bonds is 4. The summed E-state index contributed by atoms with van der Waals surface area (Å²) in [6.45, 7) is 7.58. The molecule has 34 heavy (non-hydrogen) atoms. The number of nitrogens with zero attached hydrogens (tertiary/aromatic N) is 6. The number of hydrazone groups is 1. The normalized spacial score (nSPS) is 22.0. The Morgan fingerprint density at radius 3 is 2.97 bits per heavy atom. The number of benzene rings is 1. The van der Waals surface area contributed by atoms with Gasteiger partial charge in [-0.25, -0.2) is 23.5 Å². The number of aliphatic imine (C=N–C) groups is 1. The van der Waals surface area contributed by atoms with Crippen molar-refractivity contribution in [2.75, 3.05) is 19.8 Å². The van der Waals surface area contributed by atoms with E-state index in [-0.39, 0.29) is 6.04 Å². The Morgan fingerprint density at radius 2 is 2.18 bits per heavy atom. The Balaban J connectivity index is 1.49. The van der Waals surface area contributed by atoms with Gasteiger partial charge < -0.3 is 9.64 Å². The highest BCUT2D eigenvalue weighted by molar-refractivity contribution is 5.95. The lowest BCUT2D eigenvalue weighted by atomic mass is 10.0. The highest BCUT2D eigenvalue weighted by Gasteiger charge is 2.31. The van der Waals surface area contributed by atoms with Crippen molar-refractivity contribution in [3.8, 4) is 0 Å². The summed E-state index contributed by atoms with van der Waals surface area (Å²) in [6, 6.07) is 3.31. The van der Waals surface area contributed by atoms with E-state index < -0.39 is 11.6 Å². The molecule has 4 heterocycles. The predicted molar refractivity (Wildman–Crippen MR) is 128 cm³/mol. The Kier molecular flexibility index (Phi) is 6.10. The minimum absolute atomic E-state index is 0.291. The van der Waals surface area contributed by atoms with Gasteiger partial charge in [0, 0.05) is 36.8 Å². The number of hydrogen-bond donors (Lipinski definition) is 0. The first kappa shape index (κ1) is 22.2. The average molecular weight is 465 g/mol. The molecule has 0 aliphatic carbocycles. The summed E-state index contributed by atoms with van der Waals surface area (Å²) in [6.07, 6.45) is 11.9. The van der Waals surface area contributed by atoms with Gasteiger partial charge >= 0.3 is 0 Å².